The summed E-state index contributed by atoms with van der Waals surface area (Å²) in [5, 5.41) is 11.9. The van der Waals surface area contributed by atoms with Crippen molar-refractivity contribution in [1.29, 1.82) is 0 Å². The number of fused-ring (bicyclic) bond motifs is 1. The van der Waals surface area contributed by atoms with E-state index < -0.39 is 0 Å². The van der Waals surface area contributed by atoms with Crippen molar-refractivity contribution in [3.05, 3.63) is 11.6 Å². The molecule has 1 aromatic heterocycles. The van der Waals surface area contributed by atoms with Gasteiger partial charge in [0.15, 0.2) is 0 Å². The van der Waals surface area contributed by atoms with Gasteiger partial charge >= 0.3 is 0 Å². The molecule has 4 nitrogen and oxygen atoms in total. The van der Waals surface area contributed by atoms with Crippen LogP contribution in [0.2, 0.25) is 0 Å². The molecule has 0 amide bonds. The average Bonchev–Trinajstić information content (AvgIpc) is 2.63. The van der Waals surface area contributed by atoms with E-state index in [4.69, 9.17) is 0 Å². The molecule has 14 heavy (non-hydrogen) atoms. The third-order valence-corrected chi connectivity index (χ3v) is 3.48. The van der Waals surface area contributed by atoms with Crippen LogP contribution in [-0.4, -0.2) is 21.3 Å². The highest BCUT2D eigenvalue weighted by Gasteiger charge is 2.49. The van der Waals surface area contributed by atoms with Gasteiger partial charge in [0.2, 0.25) is 0 Å². The lowest BCUT2D eigenvalue weighted by Crippen LogP contribution is -2.29. The van der Waals surface area contributed by atoms with Crippen LogP contribution in [0.5, 0.6) is 0 Å². The molecule has 3 rings (SSSR count). The molecular formula is C10H16N4. The van der Waals surface area contributed by atoms with Crippen molar-refractivity contribution in [2.45, 2.75) is 39.3 Å². The molecule has 0 unspecified atom stereocenters. The van der Waals surface area contributed by atoms with Crippen LogP contribution in [0.1, 0.15) is 37.8 Å². The van der Waals surface area contributed by atoms with Gasteiger partial charge in [0.05, 0.1) is 6.54 Å². The molecule has 1 aromatic rings. The van der Waals surface area contributed by atoms with Gasteiger partial charge in [0.25, 0.3) is 0 Å². The minimum Gasteiger partial charge on any atom is -0.312 e. The number of aromatic nitrogens is 3. The van der Waals surface area contributed by atoms with Gasteiger partial charge in [-0.15, -0.1) is 10.2 Å². The van der Waals surface area contributed by atoms with Gasteiger partial charge < -0.3 is 9.88 Å². The number of nitrogens with one attached hydrogen (secondary N) is 1. The molecule has 1 aliphatic heterocycles. The van der Waals surface area contributed by atoms with Gasteiger partial charge in [-0.3, -0.25) is 0 Å². The Hall–Kier alpha value is -0.900. The molecule has 1 saturated carbocycles. The summed E-state index contributed by atoms with van der Waals surface area (Å²) in [6.07, 6.45) is 1.26. The Kier molecular flexibility index (Phi) is 1.54. The number of hydrogen-bond acceptors (Lipinski definition) is 3. The summed E-state index contributed by atoms with van der Waals surface area (Å²) in [5.74, 6) is 2.96. The SMILES string of the molecule is CC1(C)C[C@H]1c1nnc2n1CCNC2. The zero-order valence-electron chi connectivity index (χ0n) is 8.75. The Morgan fingerprint density at radius 3 is 2.93 bits per heavy atom. The van der Waals surface area contributed by atoms with Gasteiger partial charge in [0.1, 0.15) is 11.6 Å². The van der Waals surface area contributed by atoms with E-state index in [2.05, 4.69) is 33.9 Å². The minimum atomic E-state index is 0.453. The molecule has 2 aliphatic rings. The molecule has 0 spiro atoms. The van der Waals surface area contributed by atoms with Crippen molar-refractivity contribution in [2.75, 3.05) is 6.54 Å². The van der Waals surface area contributed by atoms with Crippen molar-refractivity contribution >= 4 is 0 Å². The third-order valence-electron chi connectivity index (χ3n) is 3.48. The van der Waals surface area contributed by atoms with Crippen LogP contribution >= 0.6 is 0 Å². The zero-order chi connectivity index (χ0) is 9.76. The maximum Gasteiger partial charge on any atom is 0.147 e. The summed E-state index contributed by atoms with van der Waals surface area (Å²) in [4.78, 5) is 0. The fraction of sp³-hybridized carbons (Fsp3) is 0.800. The molecule has 1 aliphatic carbocycles. The van der Waals surface area contributed by atoms with E-state index in [0.717, 1.165) is 25.5 Å². The predicted molar refractivity (Wildman–Crippen MR) is 52.9 cm³/mol. The highest BCUT2D eigenvalue weighted by Crippen LogP contribution is 2.58. The highest BCUT2D eigenvalue weighted by atomic mass is 15.3. The molecule has 1 atom stereocenters. The Balaban J connectivity index is 1.96. The Labute approximate surface area is 83.7 Å². The topological polar surface area (TPSA) is 42.7 Å². The van der Waals surface area contributed by atoms with E-state index in [-0.39, 0.29) is 0 Å². The fourth-order valence-corrected chi connectivity index (χ4v) is 2.28. The Bertz CT molecular complexity index is 366. The first-order valence-electron chi connectivity index (χ1n) is 5.31. The van der Waals surface area contributed by atoms with Crippen molar-refractivity contribution < 1.29 is 0 Å². The smallest absolute Gasteiger partial charge is 0.147 e. The van der Waals surface area contributed by atoms with Crippen molar-refractivity contribution in [2.24, 2.45) is 5.41 Å². The summed E-state index contributed by atoms with van der Waals surface area (Å²) in [6.45, 7) is 7.57. The summed E-state index contributed by atoms with van der Waals surface area (Å²) in [5.41, 5.74) is 0.453. The number of hydrogen-bond donors (Lipinski definition) is 1. The Morgan fingerprint density at radius 2 is 2.21 bits per heavy atom. The van der Waals surface area contributed by atoms with Crippen LogP contribution in [0.4, 0.5) is 0 Å². The maximum absolute atomic E-state index is 4.33. The summed E-state index contributed by atoms with van der Waals surface area (Å²) >= 11 is 0. The van der Waals surface area contributed by atoms with E-state index in [9.17, 15) is 0 Å². The van der Waals surface area contributed by atoms with Gasteiger partial charge in [-0.2, -0.15) is 0 Å². The van der Waals surface area contributed by atoms with E-state index in [0.29, 0.717) is 11.3 Å². The van der Waals surface area contributed by atoms with Crippen molar-refractivity contribution in [3.8, 4) is 0 Å². The van der Waals surface area contributed by atoms with Crippen LogP contribution in [0.25, 0.3) is 0 Å². The molecule has 2 heterocycles. The summed E-state index contributed by atoms with van der Waals surface area (Å²) < 4.78 is 2.30. The molecule has 0 bridgehead atoms. The first kappa shape index (κ1) is 8.41. The molecule has 1 fully saturated rings. The monoisotopic (exact) mass is 192 g/mol. The normalized spacial score (nSPS) is 28.6. The standard InChI is InChI=1S/C10H16N4/c1-10(2)5-7(10)9-13-12-8-6-11-3-4-14(8)9/h7,11H,3-6H2,1-2H3/t7-/m0/s1. The lowest BCUT2D eigenvalue weighted by Gasteiger charge is -2.16. The number of nitrogens with zero attached hydrogens (tertiary/aromatic N) is 3. The highest BCUT2D eigenvalue weighted by molar-refractivity contribution is 5.17. The van der Waals surface area contributed by atoms with Gasteiger partial charge in [-0.1, -0.05) is 13.8 Å². The second-order valence-electron chi connectivity index (χ2n) is 5.05. The van der Waals surface area contributed by atoms with Crippen LogP contribution in [0.3, 0.4) is 0 Å². The molecular weight excluding hydrogens is 176 g/mol. The molecule has 0 aromatic carbocycles. The van der Waals surface area contributed by atoms with Gasteiger partial charge in [-0.25, -0.2) is 0 Å². The number of rotatable bonds is 1. The second kappa shape index (κ2) is 2.57. The minimum absolute atomic E-state index is 0.453. The lowest BCUT2D eigenvalue weighted by molar-refractivity contribution is 0.485. The molecule has 1 N–H and O–H groups in total. The summed E-state index contributed by atoms with van der Waals surface area (Å²) in [6, 6.07) is 0. The van der Waals surface area contributed by atoms with E-state index in [1.807, 2.05) is 0 Å². The summed E-state index contributed by atoms with van der Waals surface area (Å²) in [7, 11) is 0. The maximum atomic E-state index is 4.33. The van der Waals surface area contributed by atoms with Crippen LogP contribution in [0, 0.1) is 5.41 Å². The zero-order valence-corrected chi connectivity index (χ0v) is 8.75. The predicted octanol–water partition coefficient (Wildman–Crippen LogP) is 0.895. The molecule has 76 valence electrons. The Morgan fingerprint density at radius 1 is 1.43 bits per heavy atom. The van der Waals surface area contributed by atoms with Crippen molar-refractivity contribution in [1.82, 2.24) is 20.1 Å². The molecule has 0 radical (unpaired) electrons. The van der Waals surface area contributed by atoms with Gasteiger partial charge in [0, 0.05) is 19.0 Å². The van der Waals surface area contributed by atoms with E-state index >= 15 is 0 Å². The quantitative estimate of drug-likeness (QED) is 0.718. The third kappa shape index (κ3) is 1.10. The van der Waals surface area contributed by atoms with Crippen LogP contribution in [-0.2, 0) is 13.1 Å². The lowest BCUT2D eigenvalue weighted by atomic mass is 10.1. The van der Waals surface area contributed by atoms with Gasteiger partial charge in [-0.05, 0) is 11.8 Å². The first-order chi connectivity index (χ1) is 6.68. The van der Waals surface area contributed by atoms with Crippen molar-refractivity contribution in [3.63, 3.8) is 0 Å². The average molecular weight is 192 g/mol. The largest absolute Gasteiger partial charge is 0.312 e. The fourth-order valence-electron chi connectivity index (χ4n) is 2.28. The first-order valence-corrected chi connectivity index (χ1v) is 5.31. The second-order valence-corrected chi connectivity index (χ2v) is 5.05. The van der Waals surface area contributed by atoms with E-state index in [1.165, 1.54) is 12.2 Å². The van der Waals surface area contributed by atoms with Crippen LogP contribution in [0.15, 0.2) is 0 Å². The molecule has 0 saturated heterocycles. The molecule has 4 heteroatoms. The van der Waals surface area contributed by atoms with E-state index in [1.54, 1.807) is 0 Å². The van der Waals surface area contributed by atoms with Crippen LogP contribution < -0.4 is 5.32 Å².